The summed E-state index contributed by atoms with van der Waals surface area (Å²) in [5, 5.41) is 10.8. The third-order valence-electron chi connectivity index (χ3n) is 5.30. The van der Waals surface area contributed by atoms with E-state index in [1.54, 1.807) is 6.07 Å². The fourth-order valence-corrected chi connectivity index (χ4v) is 3.99. The summed E-state index contributed by atoms with van der Waals surface area (Å²) in [6.45, 7) is 2.72. The Morgan fingerprint density at radius 3 is 3.00 bits per heavy atom. The van der Waals surface area contributed by atoms with Crippen molar-refractivity contribution in [3.63, 3.8) is 0 Å². The van der Waals surface area contributed by atoms with Crippen molar-refractivity contribution in [3.05, 3.63) is 68.7 Å². The number of hydrogen-bond donors (Lipinski definition) is 3. The number of aromatic nitrogens is 3. The van der Waals surface area contributed by atoms with Gasteiger partial charge in [-0.25, -0.2) is 9.50 Å². The number of rotatable bonds is 7. The molecule has 148 valence electrons. The zero-order valence-corrected chi connectivity index (χ0v) is 16.6. The van der Waals surface area contributed by atoms with E-state index >= 15 is 0 Å². The third kappa shape index (κ3) is 4.63. The van der Waals surface area contributed by atoms with E-state index in [1.807, 2.05) is 30.5 Å². The second-order valence-electron chi connectivity index (χ2n) is 7.45. The average molecular weight is 400 g/mol. The van der Waals surface area contributed by atoms with Crippen molar-refractivity contribution in [2.24, 2.45) is 0 Å². The Hall–Kier alpha value is -2.15. The lowest BCUT2D eigenvalue weighted by Crippen LogP contribution is -2.41. The van der Waals surface area contributed by atoms with Crippen LogP contribution in [0.2, 0.25) is 5.02 Å². The smallest absolute Gasteiger partial charge is 0.272 e. The number of piperidine rings is 1. The summed E-state index contributed by atoms with van der Waals surface area (Å²) in [5.74, 6) is 0. The molecule has 1 atom stereocenters. The molecule has 1 aliphatic rings. The number of H-pyrrole nitrogens is 1. The van der Waals surface area contributed by atoms with Crippen LogP contribution in [0.3, 0.4) is 0 Å². The van der Waals surface area contributed by atoms with Crippen LogP contribution < -0.4 is 16.2 Å². The number of aromatic amines is 1. The standard InChI is InChI=1S/C21H26ClN5O/c22-17-5-3-4-15(10-17)7-8-18-11-20(28)27-21(26-18)16(13-25-27)12-23-14-19-6-1-2-9-24-19/h3-5,10-11,13,19,23-25H,1-2,6-9,12,14H2/t19-/m1/s1. The summed E-state index contributed by atoms with van der Waals surface area (Å²) in [6.07, 6.45) is 7.14. The van der Waals surface area contributed by atoms with E-state index in [-0.39, 0.29) is 5.56 Å². The van der Waals surface area contributed by atoms with Crippen molar-refractivity contribution in [1.29, 1.82) is 0 Å². The van der Waals surface area contributed by atoms with E-state index in [1.165, 1.54) is 23.8 Å². The molecule has 2 aromatic heterocycles. The maximum Gasteiger partial charge on any atom is 0.272 e. The van der Waals surface area contributed by atoms with Gasteiger partial charge in [0.25, 0.3) is 5.56 Å². The van der Waals surface area contributed by atoms with E-state index in [2.05, 4.69) is 15.7 Å². The summed E-state index contributed by atoms with van der Waals surface area (Å²) in [4.78, 5) is 17.2. The van der Waals surface area contributed by atoms with E-state index in [0.717, 1.165) is 41.4 Å². The van der Waals surface area contributed by atoms with Crippen LogP contribution in [0, 0.1) is 0 Å². The van der Waals surface area contributed by atoms with Crippen LogP contribution in [-0.4, -0.2) is 33.7 Å². The Labute approximate surface area is 169 Å². The van der Waals surface area contributed by atoms with Crippen molar-refractivity contribution in [2.75, 3.05) is 13.1 Å². The molecule has 28 heavy (non-hydrogen) atoms. The van der Waals surface area contributed by atoms with Crippen molar-refractivity contribution in [3.8, 4) is 0 Å². The number of benzene rings is 1. The first kappa shape index (κ1) is 19.2. The minimum absolute atomic E-state index is 0.0775. The SMILES string of the molecule is O=c1cc(CCc2cccc(Cl)c2)nc2c(CNC[C@H]3CCCCN3)c[nH]n12. The minimum atomic E-state index is -0.0775. The minimum Gasteiger partial charge on any atom is -0.313 e. The molecule has 1 aromatic carbocycles. The van der Waals surface area contributed by atoms with Crippen LogP contribution >= 0.6 is 11.6 Å². The molecule has 3 N–H and O–H groups in total. The predicted octanol–water partition coefficient (Wildman–Crippen LogP) is 2.69. The molecule has 4 rings (SSSR count). The van der Waals surface area contributed by atoms with Crippen LogP contribution in [0.25, 0.3) is 5.65 Å². The molecule has 0 saturated carbocycles. The highest BCUT2D eigenvalue weighted by atomic mass is 35.5. The maximum atomic E-state index is 12.4. The second-order valence-corrected chi connectivity index (χ2v) is 7.89. The molecule has 3 aromatic rings. The molecule has 6 nitrogen and oxygen atoms in total. The maximum absolute atomic E-state index is 12.4. The number of aryl methyl sites for hydroxylation is 2. The Bertz CT molecular complexity index is 990. The van der Waals surface area contributed by atoms with Crippen LogP contribution in [0.5, 0.6) is 0 Å². The number of nitrogens with zero attached hydrogens (tertiary/aromatic N) is 2. The van der Waals surface area contributed by atoms with Crippen molar-refractivity contribution >= 4 is 17.2 Å². The van der Waals surface area contributed by atoms with E-state index in [9.17, 15) is 4.79 Å². The van der Waals surface area contributed by atoms with Gasteiger partial charge in [-0.2, -0.15) is 0 Å². The molecule has 0 radical (unpaired) electrons. The molecule has 3 heterocycles. The summed E-state index contributed by atoms with van der Waals surface area (Å²) >= 11 is 6.06. The van der Waals surface area contributed by atoms with Crippen LogP contribution in [0.4, 0.5) is 0 Å². The molecule has 0 bridgehead atoms. The molecule has 7 heteroatoms. The largest absolute Gasteiger partial charge is 0.313 e. The first-order valence-corrected chi connectivity index (χ1v) is 10.3. The molecule has 0 unspecified atom stereocenters. The highest BCUT2D eigenvalue weighted by Crippen LogP contribution is 2.13. The molecule has 0 aliphatic carbocycles. The Kier molecular flexibility index (Phi) is 6.10. The number of fused-ring (bicyclic) bond motifs is 1. The zero-order valence-electron chi connectivity index (χ0n) is 15.9. The molecular weight excluding hydrogens is 374 g/mol. The Balaban J connectivity index is 1.44. The lowest BCUT2D eigenvalue weighted by Gasteiger charge is -2.23. The van der Waals surface area contributed by atoms with Gasteiger partial charge >= 0.3 is 0 Å². The van der Waals surface area contributed by atoms with Gasteiger partial charge in [-0.3, -0.25) is 9.89 Å². The lowest BCUT2D eigenvalue weighted by atomic mass is 10.1. The van der Waals surface area contributed by atoms with E-state index in [4.69, 9.17) is 16.6 Å². The van der Waals surface area contributed by atoms with Crippen LogP contribution in [-0.2, 0) is 19.4 Å². The first-order valence-electron chi connectivity index (χ1n) is 9.96. The number of nitrogens with one attached hydrogen (secondary N) is 3. The van der Waals surface area contributed by atoms with Gasteiger partial charge in [0, 0.05) is 47.7 Å². The number of halogens is 1. The van der Waals surface area contributed by atoms with Gasteiger partial charge in [-0.05, 0) is 49.9 Å². The average Bonchev–Trinajstić information content (AvgIpc) is 3.11. The molecular formula is C21H26ClN5O. The van der Waals surface area contributed by atoms with Crippen molar-refractivity contribution < 1.29 is 0 Å². The Morgan fingerprint density at radius 2 is 2.18 bits per heavy atom. The molecule has 0 spiro atoms. The summed E-state index contributed by atoms with van der Waals surface area (Å²) in [6, 6.07) is 9.95. The van der Waals surface area contributed by atoms with Gasteiger partial charge in [0.2, 0.25) is 0 Å². The topological polar surface area (TPSA) is 74.2 Å². The fourth-order valence-electron chi connectivity index (χ4n) is 3.78. The van der Waals surface area contributed by atoms with Crippen molar-refractivity contribution in [1.82, 2.24) is 25.2 Å². The summed E-state index contributed by atoms with van der Waals surface area (Å²) < 4.78 is 1.51. The van der Waals surface area contributed by atoms with Gasteiger partial charge < -0.3 is 10.6 Å². The van der Waals surface area contributed by atoms with Gasteiger partial charge in [0.05, 0.1) is 0 Å². The van der Waals surface area contributed by atoms with E-state index < -0.39 is 0 Å². The lowest BCUT2D eigenvalue weighted by molar-refractivity contribution is 0.383. The zero-order chi connectivity index (χ0) is 19.3. The normalized spacial score (nSPS) is 17.2. The molecule has 1 aliphatic heterocycles. The van der Waals surface area contributed by atoms with Crippen molar-refractivity contribution in [2.45, 2.75) is 44.7 Å². The highest BCUT2D eigenvalue weighted by Gasteiger charge is 2.13. The fraction of sp³-hybridized carbons (Fsp3) is 0.429. The second kappa shape index (κ2) is 8.90. The van der Waals surface area contributed by atoms with Crippen LogP contribution in [0.15, 0.2) is 41.3 Å². The third-order valence-corrected chi connectivity index (χ3v) is 5.54. The highest BCUT2D eigenvalue weighted by molar-refractivity contribution is 6.30. The molecule has 1 fully saturated rings. The summed E-state index contributed by atoms with van der Waals surface area (Å²) in [5.41, 5.74) is 3.59. The predicted molar refractivity (Wildman–Crippen MR) is 112 cm³/mol. The van der Waals surface area contributed by atoms with Gasteiger partial charge in [0.15, 0.2) is 5.65 Å². The Morgan fingerprint density at radius 1 is 1.25 bits per heavy atom. The summed E-state index contributed by atoms with van der Waals surface area (Å²) in [7, 11) is 0. The van der Waals surface area contributed by atoms with Crippen LogP contribution in [0.1, 0.15) is 36.1 Å². The van der Waals surface area contributed by atoms with Gasteiger partial charge in [-0.1, -0.05) is 30.2 Å². The van der Waals surface area contributed by atoms with Gasteiger partial charge in [0.1, 0.15) is 0 Å². The quantitative estimate of drug-likeness (QED) is 0.571. The molecule has 0 amide bonds. The van der Waals surface area contributed by atoms with Gasteiger partial charge in [-0.15, -0.1) is 0 Å². The molecule has 1 saturated heterocycles. The van der Waals surface area contributed by atoms with E-state index in [0.29, 0.717) is 24.7 Å². The number of hydrogen-bond acceptors (Lipinski definition) is 4. The first-order chi connectivity index (χ1) is 13.7. The monoisotopic (exact) mass is 399 g/mol.